The van der Waals surface area contributed by atoms with Gasteiger partial charge in [-0.2, -0.15) is 0 Å². The van der Waals surface area contributed by atoms with Crippen LogP contribution in [0.1, 0.15) is 26.6 Å². The third-order valence-corrected chi connectivity index (χ3v) is 5.21. The van der Waals surface area contributed by atoms with Gasteiger partial charge in [-0.1, -0.05) is 12.1 Å². The Kier molecular flexibility index (Phi) is 6.81. The number of furan rings is 1. The van der Waals surface area contributed by atoms with Crippen molar-refractivity contribution in [1.29, 1.82) is 0 Å². The third kappa shape index (κ3) is 5.79. The maximum absolute atomic E-state index is 10.9. The van der Waals surface area contributed by atoms with Crippen LogP contribution < -0.4 is 4.74 Å². The number of ether oxygens (including phenoxy) is 1. The highest BCUT2D eigenvalue weighted by Crippen LogP contribution is 2.20. The van der Waals surface area contributed by atoms with E-state index in [1.165, 1.54) is 10.4 Å². The Balaban J connectivity index is 1.59. The minimum Gasteiger partial charge on any atom is -0.491 e. The predicted octanol–water partition coefficient (Wildman–Crippen LogP) is 3.90. The van der Waals surface area contributed by atoms with Gasteiger partial charge in [0.15, 0.2) is 0 Å². The minimum atomic E-state index is -0.667. The Labute approximate surface area is 162 Å². The number of rotatable bonds is 10. The standard InChI is InChI=1S/C21H23NO4S/c1-16-7-9-27-21(16)13-22(12-20-6-3-8-25-20)11-18(24)15-26-19-5-2-4-17(10-19)14-23/h2-10,14,18,24H,11-13,15H2,1H3. The van der Waals surface area contributed by atoms with Gasteiger partial charge < -0.3 is 14.3 Å². The molecule has 0 aliphatic heterocycles. The lowest BCUT2D eigenvalue weighted by atomic mass is 10.2. The van der Waals surface area contributed by atoms with Gasteiger partial charge in [0, 0.05) is 23.5 Å². The van der Waals surface area contributed by atoms with E-state index in [0.717, 1.165) is 18.6 Å². The number of benzene rings is 1. The fourth-order valence-corrected chi connectivity index (χ4v) is 3.75. The summed E-state index contributed by atoms with van der Waals surface area (Å²) in [6.45, 7) is 4.05. The van der Waals surface area contributed by atoms with Gasteiger partial charge in [-0.05, 0) is 48.2 Å². The molecule has 0 aliphatic rings. The van der Waals surface area contributed by atoms with E-state index in [0.29, 0.717) is 24.4 Å². The molecular weight excluding hydrogens is 362 g/mol. The molecule has 0 aliphatic carbocycles. The topological polar surface area (TPSA) is 62.9 Å². The molecule has 0 amide bonds. The maximum atomic E-state index is 10.9. The lowest BCUT2D eigenvalue weighted by Crippen LogP contribution is -2.35. The van der Waals surface area contributed by atoms with Gasteiger partial charge in [-0.3, -0.25) is 9.69 Å². The summed E-state index contributed by atoms with van der Waals surface area (Å²) in [6.07, 6.45) is 1.77. The lowest BCUT2D eigenvalue weighted by molar-refractivity contribution is 0.0607. The van der Waals surface area contributed by atoms with Gasteiger partial charge in [0.1, 0.15) is 30.5 Å². The second-order valence-corrected chi connectivity index (χ2v) is 7.43. The summed E-state index contributed by atoms with van der Waals surface area (Å²) >= 11 is 1.71. The molecule has 1 N–H and O–H groups in total. The van der Waals surface area contributed by atoms with Crippen LogP contribution in [0.15, 0.2) is 58.5 Å². The molecule has 2 heterocycles. The van der Waals surface area contributed by atoms with Gasteiger partial charge in [0.25, 0.3) is 0 Å². The molecule has 0 saturated carbocycles. The number of aldehydes is 1. The second kappa shape index (κ2) is 9.50. The molecule has 1 unspecified atom stereocenters. The van der Waals surface area contributed by atoms with Gasteiger partial charge in [0.05, 0.1) is 12.8 Å². The first-order valence-corrected chi connectivity index (χ1v) is 9.66. The SMILES string of the molecule is Cc1ccsc1CN(Cc1ccco1)CC(O)COc1cccc(C=O)c1. The highest BCUT2D eigenvalue weighted by atomic mass is 32.1. The van der Waals surface area contributed by atoms with Crippen molar-refractivity contribution in [2.45, 2.75) is 26.1 Å². The highest BCUT2D eigenvalue weighted by molar-refractivity contribution is 7.10. The Hall–Kier alpha value is -2.41. The Bertz CT molecular complexity index is 844. The van der Waals surface area contributed by atoms with E-state index < -0.39 is 6.10 Å². The molecule has 27 heavy (non-hydrogen) atoms. The van der Waals surface area contributed by atoms with Gasteiger partial charge in [0.2, 0.25) is 0 Å². The van der Waals surface area contributed by atoms with Crippen molar-refractivity contribution < 1.29 is 19.1 Å². The van der Waals surface area contributed by atoms with Crippen molar-refractivity contribution >= 4 is 17.6 Å². The number of carbonyl (C=O) groups is 1. The largest absolute Gasteiger partial charge is 0.491 e. The number of carbonyl (C=O) groups excluding carboxylic acids is 1. The molecule has 0 saturated heterocycles. The van der Waals surface area contributed by atoms with E-state index in [2.05, 4.69) is 23.3 Å². The summed E-state index contributed by atoms with van der Waals surface area (Å²) in [5, 5.41) is 12.5. The average Bonchev–Trinajstić information content (AvgIpc) is 3.32. The van der Waals surface area contributed by atoms with Crippen LogP contribution >= 0.6 is 11.3 Å². The summed E-state index contributed by atoms with van der Waals surface area (Å²) in [6, 6.07) is 12.8. The van der Waals surface area contributed by atoms with Crippen molar-refractivity contribution in [3.05, 3.63) is 75.9 Å². The van der Waals surface area contributed by atoms with Crippen LogP contribution in [0.2, 0.25) is 0 Å². The molecule has 0 bridgehead atoms. The summed E-state index contributed by atoms with van der Waals surface area (Å²) in [5.41, 5.74) is 1.80. The third-order valence-electron chi connectivity index (χ3n) is 4.20. The van der Waals surface area contributed by atoms with Crippen LogP contribution in [0.3, 0.4) is 0 Å². The maximum Gasteiger partial charge on any atom is 0.150 e. The zero-order valence-corrected chi connectivity index (χ0v) is 16.0. The Morgan fingerprint density at radius 3 is 2.85 bits per heavy atom. The first-order valence-electron chi connectivity index (χ1n) is 8.78. The summed E-state index contributed by atoms with van der Waals surface area (Å²) < 4.78 is 11.1. The number of aliphatic hydroxyl groups excluding tert-OH is 1. The van der Waals surface area contributed by atoms with Crippen LogP contribution in [-0.2, 0) is 13.1 Å². The smallest absolute Gasteiger partial charge is 0.150 e. The lowest BCUT2D eigenvalue weighted by Gasteiger charge is -2.24. The number of hydrogen-bond donors (Lipinski definition) is 1. The van der Waals surface area contributed by atoms with E-state index in [1.807, 2.05) is 12.1 Å². The molecule has 5 nitrogen and oxygen atoms in total. The molecule has 3 aromatic rings. The van der Waals surface area contributed by atoms with E-state index in [1.54, 1.807) is 41.9 Å². The molecule has 1 aromatic carbocycles. The molecule has 0 radical (unpaired) electrons. The average molecular weight is 385 g/mol. The van der Waals surface area contributed by atoms with Crippen LogP contribution in [0.25, 0.3) is 0 Å². The van der Waals surface area contributed by atoms with E-state index >= 15 is 0 Å². The molecular formula is C21H23NO4S. The van der Waals surface area contributed by atoms with Crippen LogP contribution in [0.4, 0.5) is 0 Å². The van der Waals surface area contributed by atoms with Gasteiger partial charge in [-0.15, -0.1) is 11.3 Å². The zero-order chi connectivity index (χ0) is 19.1. The number of thiophene rings is 1. The first kappa shape index (κ1) is 19.4. The normalized spacial score (nSPS) is 12.3. The number of hydrogen-bond acceptors (Lipinski definition) is 6. The fourth-order valence-electron chi connectivity index (χ4n) is 2.80. The van der Waals surface area contributed by atoms with E-state index in [9.17, 15) is 9.90 Å². The highest BCUT2D eigenvalue weighted by Gasteiger charge is 2.16. The Morgan fingerprint density at radius 1 is 1.26 bits per heavy atom. The molecule has 0 fully saturated rings. The molecule has 2 aromatic heterocycles. The van der Waals surface area contributed by atoms with Crippen LogP contribution in [0.5, 0.6) is 5.75 Å². The quantitative estimate of drug-likeness (QED) is 0.536. The fraction of sp³-hybridized carbons (Fsp3) is 0.286. The van der Waals surface area contributed by atoms with Crippen molar-refractivity contribution in [3.8, 4) is 5.75 Å². The zero-order valence-electron chi connectivity index (χ0n) is 15.2. The van der Waals surface area contributed by atoms with Crippen molar-refractivity contribution in [3.63, 3.8) is 0 Å². The number of aryl methyl sites for hydroxylation is 1. The minimum absolute atomic E-state index is 0.153. The van der Waals surface area contributed by atoms with Crippen molar-refractivity contribution in [2.75, 3.05) is 13.2 Å². The first-order chi connectivity index (χ1) is 13.1. The van der Waals surface area contributed by atoms with Crippen LogP contribution in [0, 0.1) is 6.92 Å². The summed E-state index contributed by atoms with van der Waals surface area (Å²) in [5.74, 6) is 1.43. The van der Waals surface area contributed by atoms with Crippen LogP contribution in [-0.4, -0.2) is 35.5 Å². The Morgan fingerprint density at radius 2 is 2.15 bits per heavy atom. The summed E-state index contributed by atoms with van der Waals surface area (Å²) in [4.78, 5) is 14.3. The molecule has 0 spiro atoms. The summed E-state index contributed by atoms with van der Waals surface area (Å²) in [7, 11) is 0. The number of aliphatic hydroxyl groups is 1. The van der Waals surface area contributed by atoms with E-state index in [4.69, 9.17) is 9.15 Å². The molecule has 142 valence electrons. The van der Waals surface area contributed by atoms with Crippen molar-refractivity contribution in [1.82, 2.24) is 4.90 Å². The molecule has 6 heteroatoms. The van der Waals surface area contributed by atoms with E-state index in [-0.39, 0.29) is 6.61 Å². The molecule has 1 atom stereocenters. The van der Waals surface area contributed by atoms with Gasteiger partial charge in [-0.25, -0.2) is 0 Å². The number of nitrogens with zero attached hydrogens (tertiary/aromatic N) is 1. The van der Waals surface area contributed by atoms with Crippen molar-refractivity contribution in [2.24, 2.45) is 0 Å². The predicted molar refractivity (Wildman–Crippen MR) is 105 cm³/mol. The molecule has 3 rings (SSSR count). The second-order valence-electron chi connectivity index (χ2n) is 6.43. The monoisotopic (exact) mass is 385 g/mol. The van der Waals surface area contributed by atoms with Gasteiger partial charge >= 0.3 is 0 Å².